The lowest BCUT2D eigenvalue weighted by Gasteiger charge is -2.23. The van der Waals surface area contributed by atoms with E-state index in [0.29, 0.717) is 10.0 Å². The minimum absolute atomic E-state index is 0.102. The minimum atomic E-state index is -0.519. The highest BCUT2D eigenvalue weighted by Gasteiger charge is 2.20. The van der Waals surface area contributed by atoms with Crippen molar-refractivity contribution in [2.45, 2.75) is 26.0 Å². The topological polar surface area (TPSA) is 84.7 Å². The third kappa shape index (κ3) is 5.34. The van der Waals surface area contributed by atoms with Crippen molar-refractivity contribution in [1.82, 2.24) is 4.90 Å². The minimum Gasteiger partial charge on any atom is -0.494 e. The Hall–Kier alpha value is -1.87. The number of anilines is 1. The number of benzene rings is 1. The first-order valence-corrected chi connectivity index (χ1v) is 8.71. The molecule has 0 heterocycles. The third-order valence-corrected chi connectivity index (χ3v) is 4.90. The third-order valence-electron chi connectivity index (χ3n) is 3.32. The molecule has 1 aromatic carbocycles. The SMILES string of the molecule is CCN(CC)C(=S)S[C@@H](C)C(=O)Nc1ccc([N+](=O)[O-])cc1OC. The Balaban J connectivity index is 2.80. The number of hydrogen-bond donors (Lipinski definition) is 1. The molecule has 0 spiro atoms. The summed E-state index contributed by atoms with van der Waals surface area (Å²) in [7, 11) is 1.39. The van der Waals surface area contributed by atoms with Crippen LogP contribution >= 0.6 is 24.0 Å². The molecule has 0 aliphatic heterocycles. The van der Waals surface area contributed by atoms with Gasteiger partial charge in [-0.25, -0.2) is 0 Å². The van der Waals surface area contributed by atoms with Crippen LogP contribution in [0.4, 0.5) is 11.4 Å². The van der Waals surface area contributed by atoms with Crippen LogP contribution in [0.1, 0.15) is 20.8 Å². The highest BCUT2D eigenvalue weighted by molar-refractivity contribution is 8.23. The molecule has 0 radical (unpaired) electrons. The molecule has 1 amide bonds. The second-order valence-corrected chi connectivity index (χ2v) is 6.80. The van der Waals surface area contributed by atoms with Gasteiger partial charge < -0.3 is 15.0 Å². The first-order chi connectivity index (χ1) is 11.3. The fourth-order valence-corrected chi connectivity index (χ4v) is 3.46. The number of nitro groups is 1. The average Bonchev–Trinajstić information content (AvgIpc) is 2.55. The number of carbonyl (C=O) groups excluding carboxylic acids is 1. The second kappa shape index (κ2) is 9.43. The lowest BCUT2D eigenvalue weighted by atomic mass is 10.2. The van der Waals surface area contributed by atoms with Gasteiger partial charge in [0.15, 0.2) is 0 Å². The summed E-state index contributed by atoms with van der Waals surface area (Å²) in [6, 6.07) is 4.04. The van der Waals surface area contributed by atoms with Crippen LogP contribution in [-0.4, -0.2) is 45.5 Å². The van der Waals surface area contributed by atoms with Gasteiger partial charge in [0.1, 0.15) is 10.1 Å². The van der Waals surface area contributed by atoms with Crippen molar-refractivity contribution in [3.63, 3.8) is 0 Å². The molecule has 0 saturated heterocycles. The average molecular weight is 371 g/mol. The van der Waals surface area contributed by atoms with E-state index in [1.165, 1.54) is 37.1 Å². The largest absolute Gasteiger partial charge is 0.494 e. The fraction of sp³-hybridized carbons (Fsp3) is 0.467. The van der Waals surface area contributed by atoms with Crippen LogP contribution in [0, 0.1) is 10.1 Å². The summed E-state index contributed by atoms with van der Waals surface area (Å²) in [5.74, 6) is -0.0114. The number of nitrogens with one attached hydrogen (secondary N) is 1. The van der Waals surface area contributed by atoms with Gasteiger partial charge in [-0.3, -0.25) is 14.9 Å². The quantitative estimate of drug-likeness (QED) is 0.447. The van der Waals surface area contributed by atoms with Crippen molar-refractivity contribution in [3.05, 3.63) is 28.3 Å². The molecule has 1 aromatic rings. The van der Waals surface area contributed by atoms with Gasteiger partial charge in [0, 0.05) is 19.2 Å². The zero-order chi connectivity index (χ0) is 18.3. The van der Waals surface area contributed by atoms with Crippen LogP contribution in [0.5, 0.6) is 5.75 Å². The van der Waals surface area contributed by atoms with Crippen molar-refractivity contribution < 1.29 is 14.5 Å². The number of rotatable bonds is 7. The van der Waals surface area contributed by atoms with Gasteiger partial charge in [0.05, 0.1) is 29.0 Å². The summed E-state index contributed by atoms with van der Waals surface area (Å²) >= 11 is 6.64. The van der Waals surface area contributed by atoms with Crippen molar-refractivity contribution in [1.29, 1.82) is 0 Å². The van der Waals surface area contributed by atoms with Crippen LogP contribution in [0.3, 0.4) is 0 Å². The molecule has 7 nitrogen and oxygen atoms in total. The second-order valence-electron chi connectivity index (χ2n) is 4.83. The Morgan fingerprint density at radius 1 is 1.46 bits per heavy atom. The van der Waals surface area contributed by atoms with E-state index >= 15 is 0 Å². The Kier molecular flexibility index (Phi) is 7.93. The molecular weight excluding hydrogens is 350 g/mol. The molecule has 0 aliphatic rings. The monoisotopic (exact) mass is 371 g/mol. The number of thioether (sulfide) groups is 1. The molecule has 0 aromatic heterocycles. The number of carbonyl (C=O) groups is 1. The maximum Gasteiger partial charge on any atom is 0.273 e. The Morgan fingerprint density at radius 3 is 2.58 bits per heavy atom. The number of amides is 1. The zero-order valence-electron chi connectivity index (χ0n) is 14.1. The number of nitro benzene ring substituents is 1. The number of ether oxygens (including phenoxy) is 1. The number of thiocarbonyl (C=S) groups is 1. The first kappa shape index (κ1) is 20.2. The predicted octanol–water partition coefficient (Wildman–Crippen LogP) is 3.29. The molecule has 0 unspecified atom stereocenters. The molecule has 0 bridgehead atoms. The zero-order valence-corrected chi connectivity index (χ0v) is 15.7. The van der Waals surface area contributed by atoms with E-state index in [2.05, 4.69) is 5.32 Å². The number of hydrogen-bond acceptors (Lipinski definition) is 6. The van der Waals surface area contributed by atoms with E-state index in [1.807, 2.05) is 18.7 Å². The molecule has 0 aliphatic carbocycles. The van der Waals surface area contributed by atoms with Crippen LogP contribution < -0.4 is 10.1 Å². The van der Waals surface area contributed by atoms with Crippen LogP contribution in [0.15, 0.2) is 18.2 Å². The molecule has 132 valence electrons. The maximum atomic E-state index is 12.3. The van der Waals surface area contributed by atoms with E-state index in [4.69, 9.17) is 17.0 Å². The summed E-state index contributed by atoms with van der Waals surface area (Å²) in [4.78, 5) is 24.6. The van der Waals surface area contributed by atoms with Crippen molar-refractivity contribution in [3.8, 4) is 5.75 Å². The number of nitrogens with zero attached hydrogens (tertiary/aromatic N) is 2. The van der Waals surface area contributed by atoms with E-state index in [0.717, 1.165) is 13.1 Å². The van der Waals surface area contributed by atoms with Crippen LogP contribution in [0.25, 0.3) is 0 Å². The number of methoxy groups -OCH3 is 1. The molecule has 1 rings (SSSR count). The van der Waals surface area contributed by atoms with Crippen molar-refractivity contribution in [2.75, 3.05) is 25.5 Å². The van der Waals surface area contributed by atoms with E-state index in [-0.39, 0.29) is 17.3 Å². The van der Waals surface area contributed by atoms with Gasteiger partial charge in [-0.2, -0.15) is 0 Å². The summed E-state index contributed by atoms with van der Waals surface area (Å²) in [6.45, 7) is 7.33. The number of non-ortho nitro benzene ring substituents is 1. The smallest absolute Gasteiger partial charge is 0.273 e. The molecule has 1 N–H and O–H groups in total. The van der Waals surface area contributed by atoms with Gasteiger partial charge in [-0.05, 0) is 26.8 Å². The molecule has 1 atom stereocenters. The summed E-state index contributed by atoms with van der Waals surface area (Å²) in [5, 5.41) is 13.1. The Bertz CT molecular complexity index is 621. The maximum absolute atomic E-state index is 12.3. The summed E-state index contributed by atoms with van der Waals surface area (Å²) < 4.78 is 5.78. The lowest BCUT2D eigenvalue weighted by molar-refractivity contribution is -0.384. The van der Waals surface area contributed by atoms with E-state index < -0.39 is 10.2 Å². The van der Waals surface area contributed by atoms with Crippen molar-refractivity contribution in [2.24, 2.45) is 0 Å². The van der Waals surface area contributed by atoms with Gasteiger partial charge in [0.2, 0.25) is 5.91 Å². The molecule has 9 heteroatoms. The highest BCUT2D eigenvalue weighted by atomic mass is 32.2. The fourth-order valence-electron chi connectivity index (χ4n) is 1.89. The van der Waals surface area contributed by atoms with Crippen molar-refractivity contribution >= 4 is 45.6 Å². The van der Waals surface area contributed by atoms with E-state index in [1.54, 1.807) is 6.92 Å². The molecule has 24 heavy (non-hydrogen) atoms. The summed E-state index contributed by atoms with van der Waals surface area (Å²) in [5.41, 5.74) is 0.282. The highest BCUT2D eigenvalue weighted by Crippen LogP contribution is 2.29. The molecular formula is C15H21N3O4S2. The molecule has 0 fully saturated rings. The summed E-state index contributed by atoms with van der Waals surface area (Å²) in [6.07, 6.45) is 0. The van der Waals surface area contributed by atoms with E-state index in [9.17, 15) is 14.9 Å². The predicted molar refractivity (Wildman–Crippen MR) is 101 cm³/mol. The van der Waals surface area contributed by atoms with Gasteiger partial charge in [-0.15, -0.1) is 0 Å². The van der Waals surface area contributed by atoms with Gasteiger partial charge in [-0.1, -0.05) is 24.0 Å². The Morgan fingerprint density at radius 2 is 2.08 bits per heavy atom. The standard InChI is InChI=1S/C15H21N3O4S2/c1-5-17(6-2)15(23)24-10(3)14(19)16-12-8-7-11(18(20)21)9-13(12)22-4/h7-10H,5-6H2,1-4H3,(H,16,19)/t10-/m0/s1. The van der Waals surface area contributed by atoms with Gasteiger partial charge in [0.25, 0.3) is 5.69 Å². The lowest BCUT2D eigenvalue weighted by Crippen LogP contribution is -2.31. The Labute approximate surface area is 150 Å². The van der Waals surface area contributed by atoms with Crippen LogP contribution in [0.2, 0.25) is 0 Å². The van der Waals surface area contributed by atoms with Gasteiger partial charge >= 0.3 is 0 Å². The normalized spacial score (nSPS) is 11.5. The van der Waals surface area contributed by atoms with Crippen LogP contribution in [-0.2, 0) is 4.79 Å². The molecule has 0 saturated carbocycles. The first-order valence-electron chi connectivity index (χ1n) is 7.42.